The fourth-order valence-corrected chi connectivity index (χ4v) is 5.49. The third kappa shape index (κ3) is 5.87. The fourth-order valence-electron chi connectivity index (χ4n) is 3.52. The van der Waals surface area contributed by atoms with Crippen LogP contribution in [0.25, 0.3) is 11.3 Å². The molecule has 200 valence electrons. The number of nitrogens with zero attached hydrogens (tertiary/aromatic N) is 2. The van der Waals surface area contributed by atoms with Gasteiger partial charge in [0.05, 0.1) is 17.6 Å². The molecule has 14 heteroatoms. The predicted octanol–water partition coefficient (Wildman–Crippen LogP) is 6.21. The molecule has 1 heterocycles. The SMILES string of the molecule is CS(=O)(=O)c1ccc(-c2cnc(N(Cc3ccc(C(F)(F)P(=O)(O)O)c(Br)c3)c3ccc(F)cc3)o2)cc1. The number of anilines is 2. The van der Waals surface area contributed by atoms with Crippen molar-refractivity contribution >= 4 is 45.1 Å². The van der Waals surface area contributed by atoms with Gasteiger partial charge >= 0.3 is 19.3 Å². The number of alkyl halides is 2. The van der Waals surface area contributed by atoms with E-state index in [2.05, 4.69) is 20.9 Å². The molecular formula is C24H19BrF3N2O6PS. The van der Waals surface area contributed by atoms with Crippen LogP contribution >= 0.6 is 23.5 Å². The summed E-state index contributed by atoms with van der Waals surface area (Å²) < 4.78 is 82.5. The molecule has 1 aromatic heterocycles. The Morgan fingerprint density at radius 1 is 1.05 bits per heavy atom. The Hall–Kier alpha value is -2.96. The summed E-state index contributed by atoms with van der Waals surface area (Å²) in [5, 5.41) is 0. The van der Waals surface area contributed by atoms with Crippen molar-refractivity contribution in [3.63, 3.8) is 0 Å². The highest BCUT2D eigenvalue weighted by Gasteiger charge is 2.51. The molecule has 38 heavy (non-hydrogen) atoms. The van der Waals surface area contributed by atoms with Crippen LogP contribution in [-0.4, -0.2) is 29.4 Å². The normalized spacial score (nSPS) is 12.5. The summed E-state index contributed by atoms with van der Waals surface area (Å²) in [4.78, 5) is 24.1. The largest absolute Gasteiger partial charge is 0.423 e. The highest BCUT2D eigenvalue weighted by atomic mass is 79.9. The third-order valence-corrected chi connectivity index (χ3v) is 8.25. The second-order valence-electron chi connectivity index (χ2n) is 8.27. The lowest BCUT2D eigenvalue weighted by Crippen LogP contribution is -2.18. The number of aromatic nitrogens is 1. The molecule has 0 aliphatic carbocycles. The lowest BCUT2D eigenvalue weighted by Gasteiger charge is -2.23. The summed E-state index contributed by atoms with van der Waals surface area (Å²) in [7, 11) is -9.15. The van der Waals surface area contributed by atoms with Crippen LogP contribution < -0.4 is 4.90 Å². The smallest absolute Gasteiger partial charge is 0.399 e. The second kappa shape index (κ2) is 10.3. The molecule has 2 N–H and O–H groups in total. The molecule has 8 nitrogen and oxygen atoms in total. The van der Waals surface area contributed by atoms with Crippen molar-refractivity contribution in [2.24, 2.45) is 0 Å². The van der Waals surface area contributed by atoms with E-state index >= 15 is 0 Å². The molecule has 0 aliphatic rings. The number of rotatable bonds is 8. The summed E-state index contributed by atoms with van der Waals surface area (Å²) in [5.41, 5.74) is -3.84. The number of halogens is 4. The maximum absolute atomic E-state index is 14.2. The van der Waals surface area contributed by atoms with Gasteiger partial charge in [0.25, 0.3) is 0 Å². The molecule has 0 unspecified atom stereocenters. The first-order chi connectivity index (χ1) is 17.7. The van der Waals surface area contributed by atoms with Gasteiger partial charge in [0, 0.05) is 27.5 Å². The van der Waals surface area contributed by atoms with E-state index in [0.717, 1.165) is 12.3 Å². The minimum Gasteiger partial charge on any atom is -0.423 e. The molecule has 0 atom stereocenters. The fraction of sp³-hybridized carbons (Fsp3) is 0.125. The number of hydrogen-bond donors (Lipinski definition) is 2. The van der Waals surface area contributed by atoms with E-state index in [1.807, 2.05) is 0 Å². The zero-order valence-corrected chi connectivity index (χ0v) is 22.7. The van der Waals surface area contributed by atoms with E-state index in [-0.39, 0.29) is 21.9 Å². The standard InChI is InChI=1S/C24H19BrF3N2O6PS/c1-38(34,35)19-9-3-16(4-10-19)22-13-29-23(36-22)30(18-7-5-17(26)6-8-18)14-15-2-11-20(21(25)12-15)24(27,28)37(31,32)33/h2-13H,14H2,1H3,(H2,31,32,33). The molecule has 0 saturated carbocycles. The first-order valence-electron chi connectivity index (χ1n) is 10.7. The average molecular weight is 631 g/mol. The van der Waals surface area contributed by atoms with Crippen LogP contribution in [0.2, 0.25) is 0 Å². The van der Waals surface area contributed by atoms with Gasteiger partial charge in [-0.15, -0.1) is 0 Å². The Morgan fingerprint density at radius 3 is 2.24 bits per heavy atom. The maximum atomic E-state index is 14.2. The Morgan fingerprint density at radius 2 is 1.68 bits per heavy atom. The lowest BCUT2D eigenvalue weighted by atomic mass is 10.1. The van der Waals surface area contributed by atoms with Crippen molar-refractivity contribution < 1.29 is 40.4 Å². The monoisotopic (exact) mass is 630 g/mol. The molecular weight excluding hydrogens is 612 g/mol. The van der Waals surface area contributed by atoms with Gasteiger partial charge in [-0.2, -0.15) is 8.78 Å². The van der Waals surface area contributed by atoms with Crippen LogP contribution in [0.3, 0.4) is 0 Å². The number of benzene rings is 3. The zero-order valence-electron chi connectivity index (χ0n) is 19.4. The van der Waals surface area contributed by atoms with Gasteiger partial charge in [-0.1, -0.05) is 28.1 Å². The molecule has 0 spiro atoms. The van der Waals surface area contributed by atoms with E-state index < -0.39 is 34.5 Å². The predicted molar refractivity (Wildman–Crippen MR) is 137 cm³/mol. The minimum absolute atomic E-state index is 0.00103. The number of oxazole rings is 1. The van der Waals surface area contributed by atoms with Crippen LogP contribution in [0.5, 0.6) is 0 Å². The Kier molecular flexibility index (Phi) is 7.61. The zero-order chi connectivity index (χ0) is 27.9. The van der Waals surface area contributed by atoms with Gasteiger partial charge in [0.15, 0.2) is 15.6 Å². The first-order valence-corrected chi connectivity index (χ1v) is 15.0. The average Bonchev–Trinajstić information content (AvgIpc) is 3.32. The topological polar surface area (TPSA) is 121 Å². The van der Waals surface area contributed by atoms with Gasteiger partial charge in [-0.3, -0.25) is 9.46 Å². The molecule has 0 amide bonds. The van der Waals surface area contributed by atoms with Crippen molar-refractivity contribution in [1.82, 2.24) is 4.98 Å². The highest BCUT2D eigenvalue weighted by Crippen LogP contribution is 2.60. The van der Waals surface area contributed by atoms with E-state index in [1.54, 1.807) is 12.1 Å². The van der Waals surface area contributed by atoms with E-state index in [1.165, 1.54) is 59.6 Å². The number of sulfone groups is 1. The molecule has 0 aliphatic heterocycles. The second-order valence-corrected chi connectivity index (χ2v) is 12.8. The lowest BCUT2D eigenvalue weighted by molar-refractivity contribution is 0.0557. The Bertz CT molecular complexity index is 1620. The molecule has 0 fully saturated rings. The quantitative estimate of drug-likeness (QED) is 0.220. The summed E-state index contributed by atoms with van der Waals surface area (Å²) in [6.07, 6.45) is 2.51. The van der Waals surface area contributed by atoms with E-state index in [0.29, 0.717) is 22.6 Å². The van der Waals surface area contributed by atoms with Crippen LogP contribution in [0.4, 0.5) is 24.9 Å². The van der Waals surface area contributed by atoms with Crippen LogP contribution in [0.15, 0.2) is 86.7 Å². The Balaban J connectivity index is 1.69. The number of hydrogen-bond acceptors (Lipinski definition) is 6. The van der Waals surface area contributed by atoms with Gasteiger partial charge < -0.3 is 14.2 Å². The van der Waals surface area contributed by atoms with Crippen molar-refractivity contribution in [3.8, 4) is 11.3 Å². The molecule has 0 radical (unpaired) electrons. The van der Waals surface area contributed by atoms with Gasteiger partial charge in [-0.25, -0.2) is 17.8 Å². The summed E-state index contributed by atoms with van der Waals surface area (Å²) in [5.74, 6) is -0.176. The molecule has 0 saturated heterocycles. The van der Waals surface area contributed by atoms with Crippen molar-refractivity contribution in [3.05, 3.63) is 94.3 Å². The molecule has 3 aromatic carbocycles. The van der Waals surface area contributed by atoms with Crippen LogP contribution in [-0.2, 0) is 26.6 Å². The summed E-state index contributed by atoms with van der Waals surface area (Å²) >= 11 is 2.97. The highest BCUT2D eigenvalue weighted by molar-refractivity contribution is 9.10. The first kappa shape index (κ1) is 28.1. The van der Waals surface area contributed by atoms with Crippen LogP contribution in [0, 0.1) is 5.82 Å². The summed E-state index contributed by atoms with van der Waals surface area (Å²) in [6.45, 7) is -0.00103. The maximum Gasteiger partial charge on any atom is 0.399 e. The van der Waals surface area contributed by atoms with Crippen molar-refractivity contribution in [1.29, 1.82) is 0 Å². The minimum atomic E-state index is -5.77. The van der Waals surface area contributed by atoms with Crippen LogP contribution in [0.1, 0.15) is 11.1 Å². The third-order valence-electron chi connectivity index (χ3n) is 5.49. The Labute approximate surface area is 224 Å². The molecule has 4 aromatic rings. The van der Waals surface area contributed by atoms with Crippen molar-refractivity contribution in [2.45, 2.75) is 17.1 Å². The summed E-state index contributed by atoms with van der Waals surface area (Å²) in [6, 6.07) is 14.9. The molecule has 0 bridgehead atoms. The van der Waals surface area contributed by atoms with Gasteiger partial charge in [0.2, 0.25) is 0 Å². The van der Waals surface area contributed by atoms with E-state index in [4.69, 9.17) is 14.2 Å². The van der Waals surface area contributed by atoms with Crippen molar-refractivity contribution in [2.75, 3.05) is 11.2 Å². The van der Waals surface area contributed by atoms with Gasteiger partial charge in [-0.05, 0) is 60.2 Å². The van der Waals surface area contributed by atoms with Gasteiger partial charge in [0.1, 0.15) is 5.82 Å². The molecule has 4 rings (SSSR count). The van der Waals surface area contributed by atoms with E-state index in [9.17, 15) is 26.2 Å².